The van der Waals surface area contributed by atoms with E-state index in [9.17, 15) is 4.79 Å². The van der Waals surface area contributed by atoms with Crippen molar-refractivity contribution in [3.63, 3.8) is 0 Å². The topological polar surface area (TPSA) is 48.4 Å². The number of nitrogens with zero attached hydrogens (tertiary/aromatic N) is 1. The van der Waals surface area contributed by atoms with Gasteiger partial charge in [-0.1, -0.05) is 11.6 Å². The average Bonchev–Trinajstić information content (AvgIpc) is 2.09. The van der Waals surface area contributed by atoms with Crippen LogP contribution in [0.5, 0.6) is 5.88 Å². The predicted octanol–water partition coefficient (Wildman–Crippen LogP) is 2.07. The number of halogens is 1. The van der Waals surface area contributed by atoms with Gasteiger partial charge in [0, 0.05) is 6.20 Å². The Bertz CT molecular complexity index is 286. The normalized spacial score (nSPS) is 9.38. The molecule has 0 bridgehead atoms. The van der Waals surface area contributed by atoms with Crippen LogP contribution in [0.4, 0.5) is 4.79 Å². The van der Waals surface area contributed by atoms with Gasteiger partial charge in [-0.2, -0.15) is 0 Å². The molecule has 1 radical (unpaired) electrons. The molecule has 0 spiro atoms. The SMILES string of the molecule is CCOC(=O)Oc1[c]cc(Cl)cn1. The molecular weight excluding hydrogens is 194 g/mol. The lowest BCUT2D eigenvalue weighted by Gasteiger charge is -2.01. The number of carbonyl (C=O) groups is 1. The summed E-state index contributed by atoms with van der Waals surface area (Å²) in [6, 6.07) is 4.01. The molecule has 0 unspecified atom stereocenters. The highest BCUT2D eigenvalue weighted by molar-refractivity contribution is 6.30. The van der Waals surface area contributed by atoms with Crippen LogP contribution in [0.15, 0.2) is 12.3 Å². The van der Waals surface area contributed by atoms with Gasteiger partial charge in [0.05, 0.1) is 17.7 Å². The first-order valence-corrected chi connectivity index (χ1v) is 3.98. The molecule has 0 N–H and O–H groups in total. The first kappa shape index (κ1) is 9.80. The molecule has 69 valence electrons. The third kappa shape index (κ3) is 3.29. The monoisotopic (exact) mass is 200 g/mol. The number of carbonyl (C=O) groups excluding carboxylic acids is 1. The summed E-state index contributed by atoms with van der Waals surface area (Å²) in [5.74, 6) is 0.0443. The smallest absolute Gasteiger partial charge is 0.434 e. The maximum absolute atomic E-state index is 10.8. The summed E-state index contributed by atoms with van der Waals surface area (Å²) >= 11 is 5.54. The number of ether oxygens (including phenoxy) is 2. The average molecular weight is 201 g/mol. The Labute approximate surface area is 80.4 Å². The van der Waals surface area contributed by atoms with Gasteiger partial charge in [0.1, 0.15) is 0 Å². The molecule has 0 aliphatic rings. The second-order valence-corrected chi connectivity index (χ2v) is 2.46. The van der Waals surface area contributed by atoms with Gasteiger partial charge in [0.15, 0.2) is 0 Å². The summed E-state index contributed by atoms with van der Waals surface area (Å²) in [5, 5.41) is 0.427. The second kappa shape index (κ2) is 4.67. The molecule has 0 amide bonds. The molecule has 0 saturated carbocycles. The predicted molar refractivity (Wildman–Crippen MR) is 45.7 cm³/mol. The van der Waals surface area contributed by atoms with E-state index in [1.807, 2.05) is 0 Å². The minimum Gasteiger partial charge on any atom is -0.434 e. The van der Waals surface area contributed by atoms with Gasteiger partial charge in [-0.05, 0) is 13.0 Å². The van der Waals surface area contributed by atoms with Crippen molar-refractivity contribution in [2.24, 2.45) is 0 Å². The van der Waals surface area contributed by atoms with Gasteiger partial charge in [-0.3, -0.25) is 0 Å². The summed E-state index contributed by atoms with van der Waals surface area (Å²) in [6.45, 7) is 1.94. The highest BCUT2D eigenvalue weighted by Crippen LogP contribution is 2.10. The van der Waals surface area contributed by atoms with Crippen LogP contribution in [0.25, 0.3) is 0 Å². The Kier molecular flexibility index (Phi) is 3.52. The summed E-state index contributed by atoms with van der Waals surface area (Å²) in [7, 11) is 0. The van der Waals surface area contributed by atoms with Gasteiger partial charge in [0.2, 0.25) is 5.88 Å². The first-order valence-electron chi connectivity index (χ1n) is 3.60. The maximum Gasteiger partial charge on any atom is 0.515 e. The first-order chi connectivity index (χ1) is 6.22. The lowest BCUT2D eigenvalue weighted by atomic mass is 10.5. The number of hydrogen-bond acceptors (Lipinski definition) is 4. The zero-order valence-corrected chi connectivity index (χ0v) is 7.67. The van der Waals surface area contributed by atoms with E-state index in [0.717, 1.165) is 0 Å². The molecular formula is C8H7ClNO3. The number of aromatic nitrogens is 1. The molecule has 1 aromatic rings. The molecule has 0 atom stereocenters. The Morgan fingerprint density at radius 1 is 1.77 bits per heavy atom. The standard InChI is InChI=1S/C8H7ClNO3/c1-2-12-8(11)13-7-4-3-6(9)5-10-7/h3,5H,2H2,1H3. The van der Waals surface area contributed by atoms with E-state index < -0.39 is 6.16 Å². The van der Waals surface area contributed by atoms with Gasteiger partial charge < -0.3 is 9.47 Å². The number of pyridine rings is 1. The van der Waals surface area contributed by atoms with E-state index in [4.69, 9.17) is 11.6 Å². The van der Waals surface area contributed by atoms with E-state index in [0.29, 0.717) is 5.02 Å². The minimum absolute atomic E-state index is 0.0443. The number of hydrogen-bond donors (Lipinski definition) is 0. The molecule has 0 aromatic carbocycles. The molecule has 0 fully saturated rings. The third-order valence-corrected chi connectivity index (χ3v) is 1.29. The Morgan fingerprint density at radius 2 is 2.54 bits per heavy atom. The quantitative estimate of drug-likeness (QED) is 0.686. The van der Waals surface area contributed by atoms with Crippen molar-refractivity contribution in [1.29, 1.82) is 0 Å². The van der Waals surface area contributed by atoms with Crippen LogP contribution in [-0.2, 0) is 4.74 Å². The van der Waals surface area contributed by atoms with Crippen LogP contribution in [-0.4, -0.2) is 17.7 Å². The van der Waals surface area contributed by atoms with Gasteiger partial charge >= 0.3 is 6.16 Å². The van der Waals surface area contributed by atoms with E-state index >= 15 is 0 Å². The van der Waals surface area contributed by atoms with Crippen molar-refractivity contribution in [2.45, 2.75) is 6.92 Å². The van der Waals surface area contributed by atoms with Crippen LogP contribution < -0.4 is 4.74 Å². The largest absolute Gasteiger partial charge is 0.515 e. The van der Waals surface area contributed by atoms with Crippen LogP contribution in [0.2, 0.25) is 5.02 Å². The minimum atomic E-state index is -0.798. The van der Waals surface area contributed by atoms with Crippen LogP contribution in [0.1, 0.15) is 6.92 Å². The zero-order chi connectivity index (χ0) is 9.68. The Morgan fingerprint density at radius 3 is 3.08 bits per heavy atom. The summed E-state index contributed by atoms with van der Waals surface area (Å²) in [4.78, 5) is 14.4. The molecule has 4 nitrogen and oxygen atoms in total. The summed E-state index contributed by atoms with van der Waals surface area (Å²) < 4.78 is 9.15. The van der Waals surface area contributed by atoms with Crippen molar-refractivity contribution in [1.82, 2.24) is 4.98 Å². The van der Waals surface area contributed by atoms with E-state index in [1.165, 1.54) is 12.3 Å². The lowest BCUT2D eigenvalue weighted by Crippen LogP contribution is -2.10. The summed E-state index contributed by atoms with van der Waals surface area (Å²) in [6.07, 6.45) is 0.556. The Balaban J connectivity index is 2.54. The summed E-state index contributed by atoms with van der Waals surface area (Å²) in [5.41, 5.74) is 0. The van der Waals surface area contributed by atoms with Crippen LogP contribution >= 0.6 is 11.6 Å². The molecule has 1 heterocycles. The fourth-order valence-electron chi connectivity index (χ4n) is 0.608. The van der Waals surface area contributed by atoms with E-state index in [2.05, 4.69) is 20.5 Å². The molecule has 13 heavy (non-hydrogen) atoms. The zero-order valence-electron chi connectivity index (χ0n) is 6.91. The van der Waals surface area contributed by atoms with Crippen LogP contribution in [0, 0.1) is 6.07 Å². The molecule has 0 aliphatic carbocycles. The maximum atomic E-state index is 10.8. The van der Waals surface area contributed by atoms with Crippen molar-refractivity contribution in [2.75, 3.05) is 6.61 Å². The molecule has 5 heteroatoms. The molecule has 0 saturated heterocycles. The second-order valence-electron chi connectivity index (χ2n) is 2.02. The van der Waals surface area contributed by atoms with E-state index in [-0.39, 0.29) is 12.5 Å². The third-order valence-electron chi connectivity index (χ3n) is 1.08. The van der Waals surface area contributed by atoms with Gasteiger partial charge in [0.25, 0.3) is 0 Å². The molecule has 1 rings (SSSR count). The highest BCUT2D eigenvalue weighted by atomic mass is 35.5. The van der Waals surface area contributed by atoms with Gasteiger partial charge in [-0.15, -0.1) is 0 Å². The Hall–Kier alpha value is -1.29. The molecule has 1 aromatic heterocycles. The molecule has 0 aliphatic heterocycles. The van der Waals surface area contributed by atoms with Crippen molar-refractivity contribution >= 4 is 17.8 Å². The number of rotatable bonds is 2. The highest BCUT2D eigenvalue weighted by Gasteiger charge is 2.05. The lowest BCUT2D eigenvalue weighted by molar-refractivity contribution is 0.102. The van der Waals surface area contributed by atoms with Gasteiger partial charge in [-0.25, -0.2) is 9.78 Å². The van der Waals surface area contributed by atoms with Crippen molar-refractivity contribution < 1.29 is 14.3 Å². The fraction of sp³-hybridized carbons (Fsp3) is 0.250. The van der Waals surface area contributed by atoms with Crippen LogP contribution in [0.3, 0.4) is 0 Å². The van der Waals surface area contributed by atoms with Crippen molar-refractivity contribution in [3.05, 3.63) is 23.4 Å². The fourth-order valence-corrected chi connectivity index (χ4v) is 0.711. The van der Waals surface area contributed by atoms with Crippen molar-refractivity contribution in [3.8, 4) is 5.88 Å². The van der Waals surface area contributed by atoms with E-state index in [1.54, 1.807) is 6.92 Å².